The topological polar surface area (TPSA) is 51.7 Å². The number of carbonyl (C=O) groups is 1. The molecule has 2 heterocycles. The van der Waals surface area contributed by atoms with E-state index in [4.69, 9.17) is 9.47 Å². The molecule has 0 aliphatic carbocycles. The van der Waals surface area contributed by atoms with E-state index in [9.17, 15) is 4.79 Å². The molecule has 0 spiro atoms. The number of piperidine rings is 1. The molecule has 1 saturated heterocycles. The number of ether oxygens (including phenoxy) is 2. The number of aromatic nitrogens is 1. The summed E-state index contributed by atoms with van der Waals surface area (Å²) in [5.41, 5.74) is 0.501. The zero-order chi connectivity index (χ0) is 13.8. The van der Waals surface area contributed by atoms with Gasteiger partial charge in [0.1, 0.15) is 5.82 Å². The SMILES string of the molecule is COC(=O)c1ccnc(N2CCC(OC)CC2)c1Br. The summed E-state index contributed by atoms with van der Waals surface area (Å²) in [5, 5.41) is 0. The molecule has 0 bridgehead atoms. The molecule has 1 aromatic rings. The zero-order valence-electron chi connectivity index (χ0n) is 11.1. The second-order valence-electron chi connectivity index (χ2n) is 4.41. The maximum atomic E-state index is 11.6. The molecule has 0 unspecified atom stereocenters. The molecule has 6 heteroatoms. The molecule has 0 N–H and O–H groups in total. The summed E-state index contributed by atoms with van der Waals surface area (Å²) in [6.07, 6.45) is 3.88. The molecule has 19 heavy (non-hydrogen) atoms. The number of halogens is 1. The summed E-state index contributed by atoms with van der Waals surface area (Å²) in [6, 6.07) is 1.65. The van der Waals surface area contributed by atoms with E-state index >= 15 is 0 Å². The Balaban J connectivity index is 2.19. The molecular weight excluding hydrogens is 312 g/mol. The fraction of sp³-hybridized carbons (Fsp3) is 0.538. The van der Waals surface area contributed by atoms with Crippen LogP contribution in [-0.4, -0.2) is 44.4 Å². The number of anilines is 1. The van der Waals surface area contributed by atoms with Crippen molar-refractivity contribution in [1.82, 2.24) is 4.98 Å². The summed E-state index contributed by atoms with van der Waals surface area (Å²) in [6.45, 7) is 1.74. The number of methoxy groups -OCH3 is 2. The van der Waals surface area contributed by atoms with Gasteiger partial charge in [0.05, 0.1) is 23.2 Å². The lowest BCUT2D eigenvalue weighted by molar-refractivity contribution is 0.0599. The fourth-order valence-corrected chi connectivity index (χ4v) is 2.87. The largest absolute Gasteiger partial charge is 0.465 e. The van der Waals surface area contributed by atoms with Crippen molar-refractivity contribution < 1.29 is 14.3 Å². The molecular formula is C13H17BrN2O3. The maximum Gasteiger partial charge on any atom is 0.339 e. The van der Waals surface area contributed by atoms with Gasteiger partial charge < -0.3 is 14.4 Å². The first-order valence-corrected chi connectivity index (χ1v) is 6.97. The predicted octanol–water partition coefficient (Wildman–Crippen LogP) is 2.25. The van der Waals surface area contributed by atoms with E-state index < -0.39 is 0 Å². The average molecular weight is 329 g/mol. The van der Waals surface area contributed by atoms with Crippen molar-refractivity contribution in [1.29, 1.82) is 0 Å². The number of rotatable bonds is 3. The van der Waals surface area contributed by atoms with Gasteiger partial charge in [0.15, 0.2) is 0 Å². The monoisotopic (exact) mass is 328 g/mol. The average Bonchev–Trinajstić information content (AvgIpc) is 2.47. The molecule has 0 saturated carbocycles. The third kappa shape index (κ3) is 3.06. The number of nitrogens with zero attached hydrogens (tertiary/aromatic N) is 2. The third-order valence-corrected chi connectivity index (χ3v) is 4.13. The van der Waals surface area contributed by atoms with Gasteiger partial charge >= 0.3 is 5.97 Å². The lowest BCUT2D eigenvalue weighted by Gasteiger charge is -2.32. The first-order chi connectivity index (χ1) is 9.17. The van der Waals surface area contributed by atoms with Crippen molar-refractivity contribution in [2.45, 2.75) is 18.9 Å². The Labute approximate surface area is 121 Å². The lowest BCUT2D eigenvalue weighted by atomic mass is 10.1. The Kier molecular flexibility index (Phi) is 4.76. The second kappa shape index (κ2) is 6.34. The van der Waals surface area contributed by atoms with Crippen LogP contribution in [0.15, 0.2) is 16.7 Å². The van der Waals surface area contributed by atoms with Crippen LogP contribution in [0, 0.1) is 0 Å². The van der Waals surface area contributed by atoms with Crippen LogP contribution in [0.2, 0.25) is 0 Å². The molecule has 104 valence electrons. The lowest BCUT2D eigenvalue weighted by Crippen LogP contribution is -2.37. The minimum Gasteiger partial charge on any atom is -0.465 e. The summed E-state index contributed by atoms with van der Waals surface area (Å²) >= 11 is 3.45. The van der Waals surface area contributed by atoms with Crippen LogP contribution in [-0.2, 0) is 9.47 Å². The number of hydrogen-bond acceptors (Lipinski definition) is 5. The van der Waals surface area contributed by atoms with Crippen molar-refractivity contribution >= 4 is 27.7 Å². The van der Waals surface area contributed by atoms with Crippen LogP contribution in [0.5, 0.6) is 0 Å². The van der Waals surface area contributed by atoms with Gasteiger partial charge in [-0.2, -0.15) is 0 Å². The molecule has 1 aliphatic rings. The summed E-state index contributed by atoms with van der Waals surface area (Å²) < 4.78 is 10.8. The second-order valence-corrected chi connectivity index (χ2v) is 5.20. The zero-order valence-corrected chi connectivity index (χ0v) is 12.6. The minimum atomic E-state index is -0.359. The van der Waals surface area contributed by atoms with Gasteiger partial charge in [-0.1, -0.05) is 0 Å². The van der Waals surface area contributed by atoms with E-state index in [1.807, 2.05) is 0 Å². The van der Waals surface area contributed by atoms with E-state index in [2.05, 4.69) is 25.8 Å². The van der Waals surface area contributed by atoms with Crippen molar-refractivity contribution in [2.75, 3.05) is 32.2 Å². The Morgan fingerprint density at radius 1 is 1.42 bits per heavy atom. The molecule has 2 rings (SSSR count). The Morgan fingerprint density at radius 3 is 2.68 bits per heavy atom. The molecule has 1 aliphatic heterocycles. The Morgan fingerprint density at radius 2 is 2.11 bits per heavy atom. The van der Waals surface area contributed by atoms with Crippen LogP contribution in [0.1, 0.15) is 23.2 Å². The van der Waals surface area contributed by atoms with Gasteiger partial charge in [0, 0.05) is 26.4 Å². The molecule has 1 fully saturated rings. The van der Waals surface area contributed by atoms with E-state index in [1.54, 1.807) is 19.4 Å². The first kappa shape index (κ1) is 14.3. The van der Waals surface area contributed by atoms with Crippen LogP contribution < -0.4 is 4.90 Å². The predicted molar refractivity (Wildman–Crippen MR) is 75.5 cm³/mol. The summed E-state index contributed by atoms with van der Waals surface area (Å²) in [7, 11) is 3.12. The molecule has 5 nitrogen and oxygen atoms in total. The third-order valence-electron chi connectivity index (χ3n) is 3.35. The Hall–Kier alpha value is -1.14. The van der Waals surface area contributed by atoms with Crippen molar-refractivity contribution in [3.63, 3.8) is 0 Å². The minimum absolute atomic E-state index is 0.318. The highest BCUT2D eigenvalue weighted by atomic mass is 79.9. The van der Waals surface area contributed by atoms with Crippen molar-refractivity contribution in [3.05, 3.63) is 22.3 Å². The first-order valence-electron chi connectivity index (χ1n) is 6.18. The molecule has 0 amide bonds. The maximum absolute atomic E-state index is 11.6. The number of pyridine rings is 1. The summed E-state index contributed by atoms with van der Waals surface area (Å²) in [4.78, 5) is 18.2. The van der Waals surface area contributed by atoms with Crippen LogP contribution in [0.25, 0.3) is 0 Å². The summed E-state index contributed by atoms with van der Waals surface area (Å²) in [5.74, 6) is 0.430. The van der Waals surface area contributed by atoms with Crippen LogP contribution in [0.3, 0.4) is 0 Å². The number of hydrogen-bond donors (Lipinski definition) is 0. The molecule has 0 radical (unpaired) electrons. The number of carbonyl (C=O) groups excluding carboxylic acids is 1. The van der Waals surface area contributed by atoms with Crippen LogP contribution in [0.4, 0.5) is 5.82 Å². The van der Waals surface area contributed by atoms with Gasteiger partial charge in [0.25, 0.3) is 0 Å². The van der Waals surface area contributed by atoms with Crippen LogP contribution >= 0.6 is 15.9 Å². The molecule has 0 atom stereocenters. The van der Waals surface area contributed by atoms with Gasteiger partial charge in [-0.05, 0) is 34.8 Å². The highest BCUT2D eigenvalue weighted by Gasteiger charge is 2.23. The smallest absolute Gasteiger partial charge is 0.339 e. The van der Waals surface area contributed by atoms with E-state index in [-0.39, 0.29) is 5.97 Å². The number of esters is 1. The van der Waals surface area contributed by atoms with Gasteiger partial charge in [-0.3, -0.25) is 0 Å². The molecule has 0 aromatic carbocycles. The highest BCUT2D eigenvalue weighted by molar-refractivity contribution is 9.10. The van der Waals surface area contributed by atoms with Crippen molar-refractivity contribution in [3.8, 4) is 0 Å². The quantitative estimate of drug-likeness (QED) is 0.796. The molecule has 1 aromatic heterocycles. The van der Waals surface area contributed by atoms with E-state index in [0.29, 0.717) is 16.1 Å². The fourth-order valence-electron chi connectivity index (χ4n) is 2.22. The highest BCUT2D eigenvalue weighted by Crippen LogP contribution is 2.30. The Bertz CT molecular complexity index is 459. The van der Waals surface area contributed by atoms with Gasteiger partial charge in [-0.15, -0.1) is 0 Å². The standard InChI is InChI=1S/C13H17BrN2O3/c1-18-9-4-7-16(8-5-9)12-11(14)10(3-6-15-12)13(17)19-2/h3,6,9H,4-5,7-8H2,1-2H3. The van der Waals surface area contributed by atoms with Crippen molar-refractivity contribution in [2.24, 2.45) is 0 Å². The van der Waals surface area contributed by atoms with Gasteiger partial charge in [0.2, 0.25) is 0 Å². The van der Waals surface area contributed by atoms with E-state index in [1.165, 1.54) is 7.11 Å². The normalized spacial score (nSPS) is 16.5. The van der Waals surface area contributed by atoms with Gasteiger partial charge in [-0.25, -0.2) is 9.78 Å². The van der Waals surface area contributed by atoms with E-state index in [0.717, 1.165) is 31.7 Å².